The number of carbonyl (C=O) groups is 2. The third kappa shape index (κ3) is 6.55. The number of hydrogen-bond donors (Lipinski definition) is 3. The summed E-state index contributed by atoms with van der Waals surface area (Å²) in [6.45, 7) is 1.62. The molecule has 3 rings (SSSR count). The van der Waals surface area contributed by atoms with Crippen LogP contribution in [0.3, 0.4) is 0 Å². The van der Waals surface area contributed by atoms with Gasteiger partial charge in [0.15, 0.2) is 0 Å². The van der Waals surface area contributed by atoms with Crippen molar-refractivity contribution in [1.29, 1.82) is 0 Å². The number of alkyl halides is 3. The largest absolute Gasteiger partial charge is 0.416 e. The number of methoxy groups -OCH3 is 1. The molecule has 0 spiro atoms. The molecule has 3 N–H and O–H groups in total. The van der Waals surface area contributed by atoms with Crippen LogP contribution in [0.5, 0.6) is 0 Å². The first-order valence-electron chi connectivity index (χ1n) is 10.7. The molecule has 178 valence electrons. The van der Waals surface area contributed by atoms with Crippen molar-refractivity contribution in [2.75, 3.05) is 27.2 Å². The zero-order valence-corrected chi connectivity index (χ0v) is 18.5. The van der Waals surface area contributed by atoms with Crippen molar-refractivity contribution in [1.82, 2.24) is 16.0 Å². The van der Waals surface area contributed by atoms with Gasteiger partial charge in [-0.3, -0.25) is 9.59 Å². The van der Waals surface area contributed by atoms with Crippen LogP contribution in [-0.2, 0) is 15.7 Å². The summed E-state index contributed by atoms with van der Waals surface area (Å²) in [5, 5.41) is 8.49. The highest BCUT2D eigenvalue weighted by Crippen LogP contribution is 2.31. The summed E-state index contributed by atoms with van der Waals surface area (Å²) in [5.41, 5.74) is 0.800. The van der Waals surface area contributed by atoms with E-state index in [4.69, 9.17) is 4.74 Å². The highest BCUT2D eigenvalue weighted by molar-refractivity contribution is 5.94. The van der Waals surface area contributed by atoms with Crippen LogP contribution >= 0.6 is 0 Å². The summed E-state index contributed by atoms with van der Waals surface area (Å²) in [4.78, 5) is 24.8. The fraction of sp³-hybridized carbons (Fsp3) is 0.417. The zero-order chi connectivity index (χ0) is 24.0. The van der Waals surface area contributed by atoms with Gasteiger partial charge in [0, 0.05) is 32.8 Å². The number of carbonyl (C=O) groups excluding carboxylic acids is 2. The number of ether oxygens (including phenoxy) is 1. The van der Waals surface area contributed by atoms with Crippen molar-refractivity contribution in [3.8, 4) is 0 Å². The third-order valence-electron chi connectivity index (χ3n) is 5.88. The lowest BCUT2D eigenvalue weighted by molar-refractivity contribution is -0.137. The lowest BCUT2D eigenvalue weighted by atomic mass is 9.89. The molecular weight excluding hydrogens is 435 g/mol. The third-order valence-corrected chi connectivity index (χ3v) is 5.88. The second-order valence-corrected chi connectivity index (χ2v) is 8.10. The lowest BCUT2D eigenvalue weighted by Gasteiger charge is -2.29. The standard InChI is InChI=1S/C24H28F3N3O3/c1-28-22(31)12-21(17-4-3-5-19(10-17)24(25,26)27)30-23(32)16-8-6-15(7-9-16)18-11-20(33-2)14-29-13-18/h3-10,18,20-21,29H,11-14H2,1-2H3,(H,28,31)(H,30,32). The van der Waals surface area contributed by atoms with Gasteiger partial charge in [0.25, 0.3) is 5.91 Å². The normalized spacial score (nSPS) is 19.5. The summed E-state index contributed by atoms with van der Waals surface area (Å²) >= 11 is 0. The van der Waals surface area contributed by atoms with E-state index in [9.17, 15) is 22.8 Å². The summed E-state index contributed by atoms with van der Waals surface area (Å²) in [5.74, 6) is -0.609. The molecule has 1 fully saturated rings. The average molecular weight is 464 g/mol. The van der Waals surface area contributed by atoms with Gasteiger partial charge in [0.2, 0.25) is 5.91 Å². The van der Waals surface area contributed by atoms with Crippen LogP contribution in [0.15, 0.2) is 48.5 Å². The van der Waals surface area contributed by atoms with E-state index in [1.807, 2.05) is 12.1 Å². The molecule has 1 saturated heterocycles. The van der Waals surface area contributed by atoms with Gasteiger partial charge in [-0.2, -0.15) is 13.2 Å². The maximum absolute atomic E-state index is 13.1. The Morgan fingerprint density at radius 1 is 1.15 bits per heavy atom. The summed E-state index contributed by atoms with van der Waals surface area (Å²) in [6, 6.07) is 10.8. The van der Waals surface area contributed by atoms with Crippen molar-refractivity contribution in [2.45, 2.75) is 37.1 Å². The van der Waals surface area contributed by atoms with Crippen LogP contribution in [0.1, 0.15) is 51.8 Å². The van der Waals surface area contributed by atoms with Gasteiger partial charge < -0.3 is 20.7 Å². The second kappa shape index (κ2) is 10.8. The van der Waals surface area contributed by atoms with Crippen molar-refractivity contribution in [2.24, 2.45) is 0 Å². The van der Waals surface area contributed by atoms with Crippen LogP contribution in [0.4, 0.5) is 13.2 Å². The van der Waals surface area contributed by atoms with Gasteiger partial charge in [0.05, 0.1) is 24.1 Å². The molecule has 0 radical (unpaired) electrons. The van der Waals surface area contributed by atoms with Crippen LogP contribution in [0, 0.1) is 0 Å². The van der Waals surface area contributed by atoms with Crippen molar-refractivity contribution >= 4 is 11.8 Å². The molecule has 3 atom stereocenters. The predicted molar refractivity (Wildman–Crippen MR) is 118 cm³/mol. The van der Waals surface area contributed by atoms with Gasteiger partial charge in [-0.1, -0.05) is 24.3 Å². The molecule has 33 heavy (non-hydrogen) atoms. The van der Waals surface area contributed by atoms with Crippen molar-refractivity contribution < 1.29 is 27.5 Å². The first-order valence-corrected chi connectivity index (χ1v) is 10.7. The Kier molecular flexibility index (Phi) is 8.10. The van der Waals surface area contributed by atoms with Crippen molar-refractivity contribution in [3.05, 3.63) is 70.8 Å². The molecule has 2 amide bonds. The van der Waals surface area contributed by atoms with Gasteiger partial charge in [-0.05, 0) is 47.7 Å². The fourth-order valence-electron chi connectivity index (χ4n) is 3.96. The number of rotatable bonds is 7. The first-order chi connectivity index (χ1) is 15.7. The minimum absolute atomic E-state index is 0.129. The Labute approximate surface area is 190 Å². The van der Waals surface area contributed by atoms with E-state index in [0.29, 0.717) is 5.56 Å². The maximum atomic E-state index is 13.1. The van der Waals surface area contributed by atoms with Gasteiger partial charge >= 0.3 is 6.18 Å². The van der Waals surface area contributed by atoms with Gasteiger partial charge in [0.1, 0.15) is 0 Å². The topological polar surface area (TPSA) is 79.5 Å². The van der Waals surface area contributed by atoms with E-state index in [-0.39, 0.29) is 24.0 Å². The number of amides is 2. The Bertz CT molecular complexity index is 963. The van der Waals surface area contributed by atoms with E-state index >= 15 is 0 Å². The lowest BCUT2D eigenvalue weighted by Crippen LogP contribution is -2.39. The molecule has 1 heterocycles. The molecule has 0 saturated carbocycles. The molecule has 2 aromatic carbocycles. The van der Waals surface area contributed by atoms with Crippen LogP contribution in [0.25, 0.3) is 0 Å². The smallest absolute Gasteiger partial charge is 0.380 e. The Morgan fingerprint density at radius 3 is 2.52 bits per heavy atom. The minimum Gasteiger partial charge on any atom is -0.380 e. The number of hydrogen-bond acceptors (Lipinski definition) is 4. The number of nitrogens with one attached hydrogen (secondary N) is 3. The Hall–Kier alpha value is -2.91. The van der Waals surface area contributed by atoms with Crippen LogP contribution in [-0.4, -0.2) is 45.2 Å². The zero-order valence-electron chi connectivity index (χ0n) is 18.5. The minimum atomic E-state index is -4.52. The first kappa shape index (κ1) is 24.7. The van der Waals surface area contributed by atoms with Gasteiger partial charge in [-0.25, -0.2) is 0 Å². The molecule has 0 aromatic heterocycles. The average Bonchev–Trinajstić information content (AvgIpc) is 2.83. The maximum Gasteiger partial charge on any atom is 0.416 e. The number of benzene rings is 2. The molecule has 2 aromatic rings. The molecular formula is C24H28F3N3O3. The quantitative estimate of drug-likeness (QED) is 0.588. The Morgan fingerprint density at radius 2 is 1.88 bits per heavy atom. The second-order valence-electron chi connectivity index (χ2n) is 8.10. The van der Waals surface area contributed by atoms with Crippen molar-refractivity contribution in [3.63, 3.8) is 0 Å². The molecule has 1 aliphatic heterocycles. The van der Waals surface area contributed by atoms with Crippen LogP contribution in [0.2, 0.25) is 0 Å². The molecule has 0 bridgehead atoms. The SMILES string of the molecule is CNC(=O)CC(NC(=O)c1ccc(C2CNCC(OC)C2)cc1)c1cccc(C(F)(F)F)c1. The van der Waals surface area contributed by atoms with E-state index in [1.165, 1.54) is 19.2 Å². The van der Waals surface area contributed by atoms with E-state index < -0.39 is 29.6 Å². The molecule has 6 nitrogen and oxygen atoms in total. The van der Waals surface area contributed by atoms with E-state index in [0.717, 1.165) is 37.2 Å². The highest BCUT2D eigenvalue weighted by Gasteiger charge is 2.31. The number of piperidine rings is 1. The highest BCUT2D eigenvalue weighted by atomic mass is 19.4. The van der Waals surface area contributed by atoms with Crippen LogP contribution < -0.4 is 16.0 Å². The fourth-order valence-corrected chi connectivity index (χ4v) is 3.96. The summed E-state index contributed by atoms with van der Waals surface area (Å²) in [7, 11) is 3.11. The molecule has 3 unspecified atom stereocenters. The predicted octanol–water partition coefficient (Wildman–Crippen LogP) is 3.40. The monoisotopic (exact) mass is 463 g/mol. The summed E-state index contributed by atoms with van der Waals surface area (Å²) < 4.78 is 44.9. The Balaban J connectivity index is 1.76. The number of halogens is 3. The van der Waals surface area contributed by atoms with E-state index in [2.05, 4.69) is 16.0 Å². The summed E-state index contributed by atoms with van der Waals surface area (Å²) in [6.07, 6.45) is -3.71. The molecule has 9 heteroatoms. The molecule has 0 aliphatic carbocycles. The van der Waals surface area contributed by atoms with Gasteiger partial charge in [-0.15, -0.1) is 0 Å². The molecule has 1 aliphatic rings. The van der Waals surface area contributed by atoms with E-state index in [1.54, 1.807) is 19.2 Å².